The Morgan fingerprint density at radius 3 is 2.71 bits per heavy atom. The molecule has 5 heteroatoms. The van der Waals surface area contributed by atoms with Crippen molar-refractivity contribution in [1.82, 2.24) is 10.2 Å². The number of morpholine rings is 1. The lowest BCUT2D eigenvalue weighted by molar-refractivity contribution is -0.137. The van der Waals surface area contributed by atoms with E-state index in [9.17, 15) is 9.90 Å². The van der Waals surface area contributed by atoms with Gasteiger partial charge < -0.3 is 20.1 Å². The second-order valence-corrected chi connectivity index (χ2v) is 5.06. The lowest BCUT2D eigenvalue weighted by Crippen LogP contribution is -2.50. The molecule has 2 rings (SSSR count). The van der Waals surface area contributed by atoms with Crippen LogP contribution in [0, 0.1) is 5.92 Å². The fourth-order valence-corrected chi connectivity index (χ4v) is 2.36. The third-order valence-electron chi connectivity index (χ3n) is 3.62. The first-order valence-corrected chi connectivity index (χ1v) is 6.45. The molecule has 5 nitrogen and oxygen atoms in total. The molecule has 98 valence electrons. The van der Waals surface area contributed by atoms with Crippen molar-refractivity contribution in [2.24, 2.45) is 5.92 Å². The first-order valence-electron chi connectivity index (χ1n) is 6.45. The van der Waals surface area contributed by atoms with Crippen molar-refractivity contribution in [3.63, 3.8) is 0 Å². The molecule has 2 aliphatic rings. The van der Waals surface area contributed by atoms with Crippen molar-refractivity contribution in [2.75, 3.05) is 32.8 Å². The number of amides is 1. The molecule has 0 spiro atoms. The topological polar surface area (TPSA) is 61.8 Å². The minimum Gasteiger partial charge on any atom is -0.393 e. The van der Waals surface area contributed by atoms with Gasteiger partial charge in [-0.25, -0.2) is 0 Å². The Kier molecular flexibility index (Phi) is 4.36. The average molecular weight is 242 g/mol. The van der Waals surface area contributed by atoms with Crippen molar-refractivity contribution >= 4 is 5.91 Å². The maximum absolute atomic E-state index is 12.0. The SMILES string of the molecule is CC(NCC1CC(O)C1)C(=O)N1CCOCC1. The van der Waals surface area contributed by atoms with Crippen LogP contribution in [0.2, 0.25) is 0 Å². The second-order valence-electron chi connectivity index (χ2n) is 5.06. The number of nitrogens with one attached hydrogen (secondary N) is 1. The van der Waals surface area contributed by atoms with Gasteiger partial charge in [0.2, 0.25) is 5.91 Å². The van der Waals surface area contributed by atoms with E-state index in [0.29, 0.717) is 32.2 Å². The fourth-order valence-electron chi connectivity index (χ4n) is 2.36. The lowest BCUT2D eigenvalue weighted by atomic mass is 9.82. The molecular formula is C12H22N2O3. The highest BCUT2D eigenvalue weighted by molar-refractivity contribution is 5.81. The molecule has 2 fully saturated rings. The Bertz CT molecular complexity index is 260. The number of hydrogen-bond acceptors (Lipinski definition) is 4. The van der Waals surface area contributed by atoms with E-state index in [0.717, 1.165) is 19.4 Å². The van der Waals surface area contributed by atoms with Crippen LogP contribution in [0.15, 0.2) is 0 Å². The maximum Gasteiger partial charge on any atom is 0.239 e. The van der Waals surface area contributed by atoms with Crippen LogP contribution in [-0.4, -0.2) is 60.9 Å². The molecule has 0 radical (unpaired) electrons. The minimum atomic E-state index is -0.133. The zero-order valence-electron chi connectivity index (χ0n) is 10.4. The number of carbonyl (C=O) groups excluding carboxylic acids is 1. The van der Waals surface area contributed by atoms with Gasteiger partial charge in [0.1, 0.15) is 0 Å². The zero-order valence-corrected chi connectivity index (χ0v) is 10.4. The van der Waals surface area contributed by atoms with Crippen LogP contribution < -0.4 is 5.32 Å². The molecule has 1 aliphatic carbocycles. The summed E-state index contributed by atoms with van der Waals surface area (Å²) in [4.78, 5) is 13.9. The molecule has 1 saturated carbocycles. The van der Waals surface area contributed by atoms with Crippen molar-refractivity contribution in [3.8, 4) is 0 Å². The quantitative estimate of drug-likeness (QED) is 0.704. The summed E-state index contributed by atoms with van der Waals surface area (Å²) in [6, 6.07) is -0.133. The number of rotatable bonds is 4. The van der Waals surface area contributed by atoms with Crippen LogP contribution in [0.3, 0.4) is 0 Å². The van der Waals surface area contributed by atoms with E-state index in [-0.39, 0.29) is 18.1 Å². The Labute approximate surface area is 102 Å². The van der Waals surface area contributed by atoms with Gasteiger partial charge in [-0.2, -0.15) is 0 Å². The van der Waals surface area contributed by atoms with Gasteiger partial charge in [0.05, 0.1) is 25.4 Å². The molecule has 1 amide bonds. The van der Waals surface area contributed by atoms with Crippen LogP contribution in [0.4, 0.5) is 0 Å². The van der Waals surface area contributed by atoms with E-state index in [2.05, 4.69) is 5.32 Å². The summed E-state index contributed by atoms with van der Waals surface area (Å²) in [5.74, 6) is 0.693. The smallest absolute Gasteiger partial charge is 0.239 e. The van der Waals surface area contributed by atoms with Gasteiger partial charge in [0.15, 0.2) is 0 Å². The average Bonchev–Trinajstić information content (AvgIpc) is 2.33. The number of carbonyl (C=O) groups is 1. The Morgan fingerprint density at radius 1 is 1.47 bits per heavy atom. The van der Waals surface area contributed by atoms with E-state index < -0.39 is 0 Å². The summed E-state index contributed by atoms with van der Waals surface area (Å²) < 4.78 is 5.22. The molecule has 1 aliphatic heterocycles. The van der Waals surface area contributed by atoms with Gasteiger partial charge in [-0.1, -0.05) is 0 Å². The molecule has 1 unspecified atom stereocenters. The number of aliphatic hydroxyl groups is 1. The van der Waals surface area contributed by atoms with Crippen LogP contribution in [0.25, 0.3) is 0 Å². The van der Waals surface area contributed by atoms with E-state index in [1.807, 2.05) is 11.8 Å². The molecule has 1 atom stereocenters. The summed E-state index contributed by atoms with van der Waals surface area (Å²) in [6.45, 7) is 5.43. The molecular weight excluding hydrogens is 220 g/mol. The second kappa shape index (κ2) is 5.80. The monoisotopic (exact) mass is 242 g/mol. The van der Waals surface area contributed by atoms with Gasteiger partial charge in [0, 0.05) is 13.1 Å². The minimum absolute atomic E-state index is 0.118. The highest BCUT2D eigenvalue weighted by Gasteiger charge is 2.28. The van der Waals surface area contributed by atoms with Crippen molar-refractivity contribution < 1.29 is 14.6 Å². The number of nitrogens with zero attached hydrogens (tertiary/aromatic N) is 1. The van der Waals surface area contributed by atoms with Gasteiger partial charge in [-0.15, -0.1) is 0 Å². The Balaban J connectivity index is 1.67. The van der Waals surface area contributed by atoms with Gasteiger partial charge in [-0.3, -0.25) is 4.79 Å². The number of aliphatic hydroxyl groups excluding tert-OH is 1. The normalized spacial score (nSPS) is 30.8. The van der Waals surface area contributed by atoms with E-state index in [1.54, 1.807) is 0 Å². The summed E-state index contributed by atoms with van der Waals surface area (Å²) >= 11 is 0. The standard InChI is InChI=1S/C12H22N2O3/c1-9(13-8-10-6-11(15)7-10)12(16)14-2-4-17-5-3-14/h9-11,13,15H,2-8H2,1H3. The molecule has 1 heterocycles. The number of hydrogen-bond donors (Lipinski definition) is 2. The third kappa shape index (κ3) is 3.40. The predicted octanol–water partition coefficient (Wildman–Crippen LogP) is -0.406. The van der Waals surface area contributed by atoms with Crippen LogP contribution in [0.5, 0.6) is 0 Å². The summed E-state index contributed by atoms with van der Waals surface area (Å²) in [7, 11) is 0. The van der Waals surface area contributed by atoms with Crippen LogP contribution in [-0.2, 0) is 9.53 Å². The maximum atomic E-state index is 12.0. The Hall–Kier alpha value is -0.650. The first kappa shape index (κ1) is 12.8. The zero-order chi connectivity index (χ0) is 12.3. The van der Waals surface area contributed by atoms with E-state index >= 15 is 0 Å². The first-order chi connectivity index (χ1) is 8.16. The molecule has 0 aromatic heterocycles. The van der Waals surface area contributed by atoms with Crippen molar-refractivity contribution in [1.29, 1.82) is 0 Å². The van der Waals surface area contributed by atoms with Crippen LogP contribution >= 0.6 is 0 Å². The molecule has 0 aromatic carbocycles. The van der Waals surface area contributed by atoms with Crippen LogP contribution in [0.1, 0.15) is 19.8 Å². The fraction of sp³-hybridized carbons (Fsp3) is 0.917. The molecule has 0 bridgehead atoms. The summed E-state index contributed by atoms with van der Waals surface area (Å²) in [5.41, 5.74) is 0. The van der Waals surface area contributed by atoms with Gasteiger partial charge >= 0.3 is 0 Å². The largest absolute Gasteiger partial charge is 0.393 e. The Morgan fingerprint density at radius 2 is 2.12 bits per heavy atom. The van der Waals surface area contributed by atoms with Gasteiger partial charge in [0.25, 0.3) is 0 Å². The van der Waals surface area contributed by atoms with Crippen molar-refractivity contribution in [3.05, 3.63) is 0 Å². The highest BCUT2D eigenvalue weighted by atomic mass is 16.5. The van der Waals surface area contributed by atoms with E-state index in [1.165, 1.54) is 0 Å². The number of ether oxygens (including phenoxy) is 1. The van der Waals surface area contributed by atoms with Gasteiger partial charge in [-0.05, 0) is 32.2 Å². The van der Waals surface area contributed by atoms with E-state index in [4.69, 9.17) is 4.74 Å². The summed E-state index contributed by atoms with van der Waals surface area (Å²) in [6.07, 6.45) is 1.61. The summed E-state index contributed by atoms with van der Waals surface area (Å²) in [5, 5.41) is 12.4. The molecule has 17 heavy (non-hydrogen) atoms. The highest BCUT2D eigenvalue weighted by Crippen LogP contribution is 2.26. The third-order valence-corrected chi connectivity index (χ3v) is 3.62. The predicted molar refractivity (Wildman–Crippen MR) is 63.6 cm³/mol. The molecule has 2 N–H and O–H groups in total. The molecule has 1 saturated heterocycles. The van der Waals surface area contributed by atoms with Crippen molar-refractivity contribution in [2.45, 2.75) is 31.9 Å². The molecule has 0 aromatic rings. The lowest BCUT2D eigenvalue weighted by Gasteiger charge is -2.34.